The van der Waals surface area contributed by atoms with Gasteiger partial charge in [0.05, 0.1) is 17.4 Å². The number of aromatic carboxylic acids is 1. The first-order valence-corrected chi connectivity index (χ1v) is 8.18. The van der Waals surface area contributed by atoms with E-state index >= 15 is 4.39 Å². The molecule has 140 valence electrons. The number of carboxylic acids is 1. The van der Waals surface area contributed by atoms with Crippen LogP contribution in [0.5, 0.6) is 0 Å². The van der Waals surface area contributed by atoms with Crippen LogP contribution in [0.1, 0.15) is 15.9 Å². The second-order valence-corrected chi connectivity index (χ2v) is 6.12. The van der Waals surface area contributed by atoms with E-state index in [2.05, 4.69) is 5.32 Å². The van der Waals surface area contributed by atoms with Crippen molar-refractivity contribution in [1.82, 2.24) is 9.88 Å². The van der Waals surface area contributed by atoms with Gasteiger partial charge in [-0.3, -0.25) is 4.79 Å². The number of rotatable bonds is 4. The summed E-state index contributed by atoms with van der Waals surface area (Å²) >= 11 is 0. The molecule has 1 fully saturated rings. The van der Waals surface area contributed by atoms with Crippen LogP contribution >= 0.6 is 0 Å². The van der Waals surface area contributed by atoms with Crippen LogP contribution in [0, 0.1) is 18.6 Å². The smallest absolute Gasteiger partial charge is 0.341 e. The normalized spacial score (nSPS) is 14.8. The van der Waals surface area contributed by atoms with Crippen LogP contribution in [0.4, 0.5) is 18.9 Å². The third kappa shape index (κ3) is 2.82. The fourth-order valence-corrected chi connectivity index (χ4v) is 3.33. The molecule has 0 saturated carbocycles. The fraction of sp³-hybridized carbons (Fsp3) is 0.412. The van der Waals surface area contributed by atoms with Gasteiger partial charge in [-0.05, 0) is 6.92 Å². The van der Waals surface area contributed by atoms with Crippen molar-refractivity contribution in [3.63, 3.8) is 0 Å². The van der Waals surface area contributed by atoms with Crippen molar-refractivity contribution in [2.24, 2.45) is 0 Å². The molecule has 1 aromatic carbocycles. The summed E-state index contributed by atoms with van der Waals surface area (Å²) in [7, 11) is 0. The molecule has 1 aromatic heterocycles. The monoisotopic (exact) mass is 369 g/mol. The molecule has 6 nitrogen and oxygen atoms in total. The Bertz CT molecular complexity index is 937. The molecular formula is C17H18F3N3O3. The zero-order valence-corrected chi connectivity index (χ0v) is 14.1. The number of pyridine rings is 1. The van der Waals surface area contributed by atoms with Crippen LogP contribution in [-0.2, 0) is 6.54 Å². The lowest BCUT2D eigenvalue weighted by Crippen LogP contribution is -2.44. The first-order chi connectivity index (χ1) is 12.4. The summed E-state index contributed by atoms with van der Waals surface area (Å²) in [6.07, 6.45) is 0.911. The summed E-state index contributed by atoms with van der Waals surface area (Å²) in [6, 6.07) is 0. The van der Waals surface area contributed by atoms with Crippen molar-refractivity contribution in [3.05, 3.63) is 39.2 Å². The number of piperazine rings is 1. The average molecular weight is 369 g/mol. The molecule has 26 heavy (non-hydrogen) atoms. The molecule has 2 N–H and O–H groups in total. The average Bonchev–Trinajstić information content (AvgIpc) is 2.62. The third-order valence-electron chi connectivity index (χ3n) is 4.60. The second-order valence-electron chi connectivity index (χ2n) is 6.12. The van der Waals surface area contributed by atoms with Gasteiger partial charge >= 0.3 is 5.97 Å². The molecule has 3 rings (SSSR count). The molecule has 9 heteroatoms. The first-order valence-electron chi connectivity index (χ1n) is 8.18. The molecule has 0 aliphatic carbocycles. The van der Waals surface area contributed by atoms with Crippen LogP contribution in [0.3, 0.4) is 0 Å². The maximum absolute atomic E-state index is 15.3. The number of hydrogen-bond acceptors (Lipinski definition) is 4. The van der Waals surface area contributed by atoms with Crippen molar-refractivity contribution in [2.45, 2.75) is 13.5 Å². The van der Waals surface area contributed by atoms with Gasteiger partial charge in [0, 0.05) is 37.9 Å². The Hall–Kier alpha value is -2.55. The third-order valence-corrected chi connectivity index (χ3v) is 4.60. The molecule has 0 radical (unpaired) electrons. The summed E-state index contributed by atoms with van der Waals surface area (Å²) < 4.78 is 44.2. The number of nitrogens with zero attached hydrogens (tertiary/aromatic N) is 2. The number of carboxylic acid groups (broad SMARTS) is 1. The van der Waals surface area contributed by atoms with Crippen LogP contribution < -0.4 is 15.6 Å². The lowest BCUT2D eigenvalue weighted by Gasteiger charge is -2.31. The van der Waals surface area contributed by atoms with E-state index in [4.69, 9.17) is 0 Å². The number of benzene rings is 1. The SMILES string of the molecule is Cc1c(F)c(N2CCNCC2)c(F)c2c1c(=O)c(C(=O)O)cn2CCF. The minimum Gasteiger partial charge on any atom is -0.477 e. The predicted molar refractivity (Wildman–Crippen MR) is 90.9 cm³/mol. The quantitative estimate of drug-likeness (QED) is 0.858. The number of anilines is 1. The van der Waals surface area contributed by atoms with E-state index in [1.54, 1.807) is 0 Å². The number of aryl methyl sites for hydroxylation is 2. The van der Waals surface area contributed by atoms with E-state index in [0.29, 0.717) is 26.2 Å². The Balaban J connectivity index is 2.41. The van der Waals surface area contributed by atoms with Crippen molar-refractivity contribution in [2.75, 3.05) is 37.8 Å². The Labute approximate surface area is 146 Å². The van der Waals surface area contributed by atoms with Crippen LogP contribution in [0.25, 0.3) is 10.9 Å². The lowest BCUT2D eigenvalue weighted by molar-refractivity contribution is 0.0694. The van der Waals surface area contributed by atoms with E-state index in [9.17, 15) is 23.5 Å². The first kappa shape index (κ1) is 18.2. The number of carbonyl (C=O) groups is 1. The van der Waals surface area contributed by atoms with Gasteiger partial charge in [0.2, 0.25) is 5.43 Å². The van der Waals surface area contributed by atoms with E-state index in [1.165, 1.54) is 11.8 Å². The summed E-state index contributed by atoms with van der Waals surface area (Å²) in [6.45, 7) is 1.90. The van der Waals surface area contributed by atoms with Gasteiger partial charge < -0.3 is 19.9 Å². The fourth-order valence-electron chi connectivity index (χ4n) is 3.33. The number of fused-ring (bicyclic) bond motifs is 1. The second kappa shape index (κ2) is 6.99. The number of hydrogen-bond donors (Lipinski definition) is 2. The molecular weight excluding hydrogens is 351 g/mol. The molecule has 0 spiro atoms. The topological polar surface area (TPSA) is 74.6 Å². The molecule has 1 aliphatic heterocycles. The van der Waals surface area contributed by atoms with Gasteiger partial charge in [0.15, 0.2) is 11.6 Å². The molecule has 1 aliphatic rings. The highest BCUT2D eigenvalue weighted by Crippen LogP contribution is 2.33. The number of alkyl halides is 1. The predicted octanol–water partition coefficient (Wildman–Crippen LogP) is 1.67. The zero-order valence-electron chi connectivity index (χ0n) is 14.1. The molecule has 0 unspecified atom stereocenters. The number of nitrogens with one attached hydrogen (secondary N) is 1. The largest absolute Gasteiger partial charge is 0.477 e. The Morgan fingerprint density at radius 2 is 1.92 bits per heavy atom. The van der Waals surface area contributed by atoms with Gasteiger partial charge in [-0.25, -0.2) is 18.0 Å². The highest BCUT2D eigenvalue weighted by molar-refractivity contribution is 5.95. The van der Waals surface area contributed by atoms with Crippen LogP contribution in [0.2, 0.25) is 0 Å². The maximum Gasteiger partial charge on any atom is 0.341 e. The number of halogens is 3. The molecule has 0 atom stereocenters. The van der Waals surface area contributed by atoms with Crippen LogP contribution in [0.15, 0.2) is 11.0 Å². The van der Waals surface area contributed by atoms with Gasteiger partial charge in [-0.2, -0.15) is 0 Å². The Kier molecular flexibility index (Phi) is 4.90. The van der Waals surface area contributed by atoms with E-state index in [1.807, 2.05) is 0 Å². The van der Waals surface area contributed by atoms with Gasteiger partial charge in [0.1, 0.15) is 17.9 Å². The van der Waals surface area contributed by atoms with E-state index in [0.717, 1.165) is 10.8 Å². The standard InChI is InChI=1S/C17H18F3N3O3/c1-9-11-14(23(5-2-18)8-10(16(11)24)17(25)26)13(20)15(12(9)19)22-6-3-21-4-7-22/h8,21H,2-7H2,1H3,(H,25,26). The summed E-state index contributed by atoms with van der Waals surface area (Å²) in [4.78, 5) is 25.3. The summed E-state index contributed by atoms with van der Waals surface area (Å²) in [5.74, 6) is -3.41. The van der Waals surface area contributed by atoms with E-state index in [-0.39, 0.29) is 28.7 Å². The molecule has 1 saturated heterocycles. The number of aromatic nitrogens is 1. The summed E-state index contributed by atoms with van der Waals surface area (Å²) in [5, 5.41) is 11.9. The molecule has 2 heterocycles. The molecule has 0 bridgehead atoms. The van der Waals surface area contributed by atoms with Crippen molar-refractivity contribution < 1.29 is 23.1 Å². The lowest BCUT2D eigenvalue weighted by atomic mass is 10.0. The molecule has 2 aromatic rings. The van der Waals surface area contributed by atoms with E-state index < -0.39 is 35.3 Å². The maximum atomic E-state index is 15.3. The van der Waals surface area contributed by atoms with Gasteiger partial charge in [-0.15, -0.1) is 0 Å². The van der Waals surface area contributed by atoms with Crippen molar-refractivity contribution >= 4 is 22.6 Å². The Morgan fingerprint density at radius 1 is 1.27 bits per heavy atom. The highest BCUT2D eigenvalue weighted by Gasteiger charge is 2.28. The molecule has 0 amide bonds. The zero-order chi connectivity index (χ0) is 19.0. The van der Waals surface area contributed by atoms with Crippen molar-refractivity contribution in [3.8, 4) is 0 Å². The van der Waals surface area contributed by atoms with Gasteiger partial charge in [-0.1, -0.05) is 0 Å². The van der Waals surface area contributed by atoms with Crippen LogP contribution in [-0.4, -0.2) is 48.5 Å². The van der Waals surface area contributed by atoms with Crippen molar-refractivity contribution in [1.29, 1.82) is 0 Å². The van der Waals surface area contributed by atoms with Gasteiger partial charge in [0.25, 0.3) is 0 Å². The highest BCUT2D eigenvalue weighted by atomic mass is 19.1. The Morgan fingerprint density at radius 3 is 2.50 bits per heavy atom. The minimum atomic E-state index is -1.53. The summed E-state index contributed by atoms with van der Waals surface area (Å²) in [5.41, 5.74) is -2.32. The minimum absolute atomic E-state index is 0.143.